The van der Waals surface area contributed by atoms with Crippen molar-refractivity contribution >= 4 is 32.2 Å². The van der Waals surface area contributed by atoms with E-state index in [9.17, 15) is 9.59 Å². The van der Waals surface area contributed by atoms with Gasteiger partial charge in [-0.1, -0.05) is 60.7 Å². The van der Waals surface area contributed by atoms with Gasteiger partial charge in [0.25, 0.3) is 0 Å². The lowest BCUT2D eigenvalue weighted by molar-refractivity contribution is -0.152. The van der Waals surface area contributed by atoms with Crippen LogP contribution in [-0.2, 0) is 32.5 Å². The molecule has 0 fully saturated rings. The van der Waals surface area contributed by atoms with Gasteiger partial charge in [-0.15, -0.1) is 10.3 Å². The highest BCUT2D eigenvalue weighted by atomic mass is 28.4. The van der Waals surface area contributed by atoms with E-state index in [1.165, 1.54) is 7.11 Å². The van der Waals surface area contributed by atoms with Gasteiger partial charge in [0, 0.05) is 13.2 Å². The molecule has 2 unspecified atom stereocenters. The van der Waals surface area contributed by atoms with Crippen LogP contribution in [0.15, 0.2) is 71.0 Å². The number of oxime groups is 2. The first-order chi connectivity index (χ1) is 18.8. The maximum absolute atomic E-state index is 12.4. The van der Waals surface area contributed by atoms with Crippen molar-refractivity contribution in [2.24, 2.45) is 10.3 Å². The van der Waals surface area contributed by atoms with Crippen LogP contribution in [0, 0.1) is 0 Å². The molecule has 2 aromatic carbocycles. The van der Waals surface area contributed by atoms with Crippen molar-refractivity contribution in [3.63, 3.8) is 0 Å². The summed E-state index contributed by atoms with van der Waals surface area (Å²) in [6, 6.07) is 18.7. The van der Waals surface area contributed by atoms with Crippen LogP contribution in [0.5, 0.6) is 0 Å². The molecule has 11 heteroatoms. The SMILES string of the molecule is CCOC(=O)CC(NCCC[Si](OC)(O/N=C(/C)c1ccccc1)O/N=C(\C)c1ccccc1)C(=O)OCC. The summed E-state index contributed by atoms with van der Waals surface area (Å²) in [5, 5.41) is 11.7. The molecular weight excluding hydrogens is 518 g/mol. The topological polar surface area (TPSA) is 117 Å². The number of carbonyl (C=O) groups is 2. The molecule has 0 bridgehead atoms. The van der Waals surface area contributed by atoms with Crippen LogP contribution in [0.3, 0.4) is 0 Å². The van der Waals surface area contributed by atoms with Gasteiger partial charge in [-0.3, -0.25) is 9.59 Å². The molecule has 0 amide bonds. The number of nitrogens with one attached hydrogen (secondary N) is 1. The molecule has 0 aliphatic heterocycles. The Hall–Kier alpha value is -3.54. The van der Waals surface area contributed by atoms with Crippen LogP contribution in [0.2, 0.25) is 6.04 Å². The first kappa shape index (κ1) is 31.7. The second-order valence-electron chi connectivity index (χ2n) is 8.53. The number of rotatable bonds is 17. The molecule has 10 nitrogen and oxygen atoms in total. The normalized spacial score (nSPS) is 14.2. The second kappa shape index (κ2) is 17.1. The highest BCUT2D eigenvalue weighted by Crippen LogP contribution is 2.20. The monoisotopic (exact) mass is 557 g/mol. The molecule has 0 saturated heterocycles. The molecular formula is C28H39N3O7Si. The van der Waals surface area contributed by atoms with Crippen molar-refractivity contribution in [2.75, 3.05) is 26.9 Å². The molecule has 39 heavy (non-hydrogen) atoms. The number of esters is 2. The van der Waals surface area contributed by atoms with Crippen molar-refractivity contribution in [3.05, 3.63) is 71.8 Å². The van der Waals surface area contributed by atoms with Gasteiger partial charge in [0.05, 0.1) is 31.1 Å². The average Bonchev–Trinajstić information content (AvgIpc) is 2.96. The Kier molecular flexibility index (Phi) is 13.9. The maximum Gasteiger partial charge on any atom is 0.673 e. The molecule has 0 spiro atoms. The Morgan fingerprint density at radius 1 is 0.846 bits per heavy atom. The van der Waals surface area contributed by atoms with E-state index < -0.39 is 26.8 Å². The highest BCUT2D eigenvalue weighted by molar-refractivity contribution is 6.60. The van der Waals surface area contributed by atoms with Crippen molar-refractivity contribution < 1.29 is 32.5 Å². The summed E-state index contributed by atoms with van der Waals surface area (Å²) in [6.07, 6.45) is 0.353. The molecule has 1 N–H and O–H groups in total. The van der Waals surface area contributed by atoms with Crippen molar-refractivity contribution in [1.29, 1.82) is 0 Å². The lowest BCUT2D eigenvalue weighted by Crippen LogP contribution is -2.44. The zero-order valence-corrected chi connectivity index (χ0v) is 24.3. The Bertz CT molecular complexity index is 1020. The van der Waals surface area contributed by atoms with E-state index in [-0.39, 0.29) is 19.6 Å². The Balaban J connectivity index is 2.16. The summed E-state index contributed by atoms with van der Waals surface area (Å²) in [7, 11) is -1.94. The second-order valence-corrected chi connectivity index (χ2v) is 11.2. The number of carbonyl (C=O) groups excluding carboxylic acids is 2. The van der Waals surface area contributed by atoms with E-state index in [4.69, 9.17) is 23.0 Å². The van der Waals surface area contributed by atoms with Crippen LogP contribution in [0.25, 0.3) is 0 Å². The highest BCUT2D eigenvalue weighted by Gasteiger charge is 2.46. The van der Waals surface area contributed by atoms with Gasteiger partial charge in [0.15, 0.2) is 0 Å². The third kappa shape index (κ3) is 11.0. The summed E-state index contributed by atoms with van der Waals surface area (Å²) in [5.74, 6) is -0.994. The first-order valence-corrected chi connectivity index (χ1v) is 14.9. The fourth-order valence-electron chi connectivity index (χ4n) is 3.47. The summed E-state index contributed by atoms with van der Waals surface area (Å²) in [5.41, 5.74) is 3.12. The standard InChI is InChI=1S/C28H39N3O7Si/c1-6-35-27(32)21-26(28(33)36-7-2)29-19-14-20-39(34-5,37-30-22(3)24-15-10-8-11-16-24)38-31-23(4)25-17-12-9-13-18-25/h8-13,15-18,26,29H,6-7,14,19-21H2,1-5H3/b30-22-,31-23+. The number of benzene rings is 2. The molecule has 2 atom stereocenters. The van der Waals surface area contributed by atoms with Gasteiger partial charge in [-0.25, -0.2) is 0 Å². The maximum atomic E-state index is 12.4. The Morgan fingerprint density at radius 2 is 1.36 bits per heavy atom. The lowest BCUT2D eigenvalue weighted by Gasteiger charge is -2.23. The van der Waals surface area contributed by atoms with Crippen LogP contribution in [-0.4, -0.2) is 65.1 Å². The minimum Gasteiger partial charge on any atom is -0.466 e. The average molecular weight is 558 g/mol. The Morgan fingerprint density at radius 3 is 1.82 bits per heavy atom. The van der Waals surface area contributed by atoms with Gasteiger partial charge in [0.1, 0.15) is 6.04 Å². The van der Waals surface area contributed by atoms with Crippen LogP contribution in [0.1, 0.15) is 51.7 Å². The zero-order valence-electron chi connectivity index (χ0n) is 23.3. The predicted octanol–water partition coefficient (Wildman–Crippen LogP) is 4.32. The molecule has 0 aliphatic rings. The number of hydrogen-bond acceptors (Lipinski definition) is 10. The number of ether oxygens (including phenoxy) is 2. The summed E-state index contributed by atoms with van der Waals surface area (Å²) < 4.78 is 27.8. The molecule has 0 aliphatic carbocycles. The smallest absolute Gasteiger partial charge is 0.466 e. The summed E-state index contributed by atoms with van der Waals surface area (Å²) in [6.45, 7) is 7.89. The molecule has 212 valence electrons. The molecule has 2 aromatic rings. The molecule has 0 aromatic heterocycles. The van der Waals surface area contributed by atoms with E-state index in [0.29, 0.717) is 30.4 Å². The van der Waals surface area contributed by atoms with Crippen molar-refractivity contribution in [2.45, 2.75) is 52.6 Å². The molecule has 2 rings (SSSR count). The van der Waals surface area contributed by atoms with Crippen LogP contribution in [0.4, 0.5) is 0 Å². The largest absolute Gasteiger partial charge is 0.673 e. The molecule has 0 heterocycles. The molecule has 0 saturated carbocycles. The van der Waals surface area contributed by atoms with Crippen molar-refractivity contribution in [1.82, 2.24) is 5.32 Å². The summed E-state index contributed by atoms with van der Waals surface area (Å²) >= 11 is 0. The lowest BCUT2D eigenvalue weighted by atomic mass is 10.1. The fraction of sp³-hybridized carbons (Fsp3) is 0.429. The summed E-state index contributed by atoms with van der Waals surface area (Å²) in [4.78, 5) is 24.3. The van der Waals surface area contributed by atoms with E-state index >= 15 is 0 Å². The van der Waals surface area contributed by atoms with Gasteiger partial charge in [-0.2, -0.15) is 0 Å². The van der Waals surface area contributed by atoms with Crippen molar-refractivity contribution in [3.8, 4) is 0 Å². The first-order valence-electron chi connectivity index (χ1n) is 13.0. The fourth-order valence-corrected chi connectivity index (χ4v) is 5.21. The van der Waals surface area contributed by atoms with Gasteiger partial charge in [-0.05, 0) is 51.8 Å². The molecule has 0 radical (unpaired) electrons. The van der Waals surface area contributed by atoms with Gasteiger partial charge < -0.3 is 28.3 Å². The van der Waals surface area contributed by atoms with E-state index in [2.05, 4.69) is 15.6 Å². The third-order valence-corrected chi connectivity index (χ3v) is 7.96. The minimum atomic E-state index is -3.44. The number of nitrogens with zero attached hydrogens (tertiary/aromatic N) is 2. The minimum absolute atomic E-state index is 0.131. The zero-order chi connectivity index (χ0) is 28.5. The van der Waals surface area contributed by atoms with E-state index in [0.717, 1.165) is 11.1 Å². The van der Waals surface area contributed by atoms with Crippen LogP contribution < -0.4 is 5.32 Å². The van der Waals surface area contributed by atoms with Gasteiger partial charge in [0.2, 0.25) is 0 Å². The quantitative estimate of drug-likeness (QED) is 0.101. The van der Waals surface area contributed by atoms with Crippen LogP contribution >= 0.6 is 0 Å². The Labute approximate surface area is 231 Å². The predicted molar refractivity (Wildman–Crippen MR) is 151 cm³/mol. The van der Waals surface area contributed by atoms with Gasteiger partial charge >= 0.3 is 20.7 Å². The van der Waals surface area contributed by atoms with E-state index in [1.54, 1.807) is 13.8 Å². The number of hydrogen-bond donors (Lipinski definition) is 1. The third-order valence-electron chi connectivity index (χ3n) is 5.64. The van der Waals surface area contributed by atoms with E-state index in [1.807, 2.05) is 74.5 Å².